The highest BCUT2D eigenvalue weighted by molar-refractivity contribution is 9.10. The van der Waals surface area contributed by atoms with Gasteiger partial charge in [0, 0.05) is 16.6 Å². The quantitative estimate of drug-likeness (QED) is 0.619. The van der Waals surface area contributed by atoms with Gasteiger partial charge in [-0.2, -0.15) is 0 Å². The summed E-state index contributed by atoms with van der Waals surface area (Å²) in [5.41, 5.74) is 1.10. The Bertz CT molecular complexity index is 1120. The molecule has 0 N–H and O–H groups in total. The first kappa shape index (κ1) is 15.7. The molecule has 7 heteroatoms. The lowest BCUT2D eigenvalue weighted by atomic mass is 10.1. The summed E-state index contributed by atoms with van der Waals surface area (Å²) < 4.78 is 6.06. The van der Waals surface area contributed by atoms with Crippen LogP contribution in [0.3, 0.4) is 0 Å². The number of carbonyl (C=O) groups is 2. The van der Waals surface area contributed by atoms with Gasteiger partial charge in [0.2, 0.25) is 5.89 Å². The molecule has 0 saturated heterocycles. The van der Waals surface area contributed by atoms with Crippen molar-refractivity contribution in [2.24, 2.45) is 0 Å². The Morgan fingerprint density at radius 1 is 1.04 bits per heavy atom. The second-order valence-electron chi connectivity index (χ2n) is 5.58. The number of aromatic nitrogens is 1. The second kappa shape index (κ2) is 5.63. The molecule has 0 fully saturated rings. The molecule has 0 radical (unpaired) electrons. The summed E-state index contributed by atoms with van der Waals surface area (Å²) >= 11 is 3.31. The van der Waals surface area contributed by atoms with E-state index < -0.39 is 5.63 Å². The van der Waals surface area contributed by atoms with E-state index >= 15 is 0 Å². The molecule has 124 valence electrons. The van der Waals surface area contributed by atoms with Crippen LogP contribution in [-0.2, 0) is 0 Å². The third-order valence-electron chi connectivity index (χ3n) is 4.12. The van der Waals surface area contributed by atoms with E-state index in [2.05, 4.69) is 20.9 Å². The van der Waals surface area contributed by atoms with Crippen molar-refractivity contribution in [3.8, 4) is 11.5 Å². The lowest BCUT2D eigenvalue weighted by Crippen LogP contribution is -2.29. The number of carbonyl (C=O) groups excluding carboxylic acids is 2. The average molecular weight is 399 g/mol. The fourth-order valence-electron chi connectivity index (χ4n) is 2.88. The van der Waals surface area contributed by atoms with Gasteiger partial charge in [0.1, 0.15) is 0 Å². The molecular formula is C18H11BrN2O4. The number of amides is 2. The predicted octanol–water partition coefficient (Wildman–Crippen LogP) is 3.23. The summed E-state index contributed by atoms with van der Waals surface area (Å²) in [6.45, 7) is 2.05. The van der Waals surface area contributed by atoms with Crippen molar-refractivity contribution in [1.29, 1.82) is 0 Å². The second-order valence-corrected chi connectivity index (χ2v) is 6.50. The highest BCUT2D eigenvalue weighted by Gasteiger charge is 2.34. The predicted molar refractivity (Wildman–Crippen MR) is 94.5 cm³/mol. The van der Waals surface area contributed by atoms with E-state index in [1.807, 2.05) is 0 Å². The zero-order valence-electron chi connectivity index (χ0n) is 13.1. The van der Waals surface area contributed by atoms with E-state index in [4.69, 9.17) is 4.42 Å². The van der Waals surface area contributed by atoms with Gasteiger partial charge >= 0.3 is 5.63 Å². The van der Waals surface area contributed by atoms with Crippen molar-refractivity contribution in [3.05, 3.63) is 62.4 Å². The average Bonchev–Trinajstić information content (AvgIpc) is 2.85. The van der Waals surface area contributed by atoms with E-state index in [1.165, 1.54) is 4.90 Å². The zero-order valence-corrected chi connectivity index (χ0v) is 14.7. The van der Waals surface area contributed by atoms with E-state index in [1.54, 1.807) is 43.3 Å². The maximum atomic E-state index is 12.3. The van der Waals surface area contributed by atoms with Gasteiger partial charge in [-0.3, -0.25) is 14.5 Å². The maximum Gasteiger partial charge on any atom is 0.347 e. The van der Waals surface area contributed by atoms with Gasteiger partial charge in [0.25, 0.3) is 11.8 Å². The summed E-state index contributed by atoms with van der Waals surface area (Å²) in [4.78, 5) is 42.2. The monoisotopic (exact) mass is 398 g/mol. The molecule has 0 unspecified atom stereocenters. The Labute approximate surface area is 150 Å². The summed E-state index contributed by atoms with van der Waals surface area (Å²) in [5.74, 6) is -0.555. The lowest BCUT2D eigenvalue weighted by Gasteiger charge is -2.08. The molecule has 1 aromatic heterocycles. The first-order valence-corrected chi connectivity index (χ1v) is 8.40. The molecule has 0 saturated carbocycles. The topological polar surface area (TPSA) is 80.5 Å². The van der Waals surface area contributed by atoms with Crippen LogP contribution < -0.4 is 5.63 Å². The van der Waals surface area contributed by atoms with Crippen molar-refractivity contribution >= 4 is 38.6 Å². The number of rotatable bonds is 2. The van der Waals surface area contributed by atoms with Gasteiger partial charge < -0.3 is 4.42 Å². The van der Waals surface area contributed by atoms with Gasteiger partial charge in [-0.1, -0.05) is 15.9 Å². The van der Waals surface area contributed by atoms with E-state index in [-0.39, 0.29) is 17.7 Å². The van der Waals surface area contributed by atoms with Crippen molar-refractivity contribution in [1.82, 2.24) is 9.88 Å². The van der Waals surface area contributed by atoms with Gasteiger partial charge in [0.15, 0.2) is 0 Å². The Morgan fingerprint density at radius 2 is 1.80 bits per heavy atom. The molecule has 4 rings (SSSR count). The van der Waals surface area contributed by atoms with Crippen molar-refractivity contribution < 1.29 is 14.0 Å². The van der Waals surface area contributed by atoms with E-state index in [0.29, 0.717) is 34.1 Å². The molecule has 3 aromatic rings. The normalized spacial score (nSPS) is 13.6. The molecule has 1 aliphatic heterocycles. The standard InChI is InChI=1S/C18H11BrN2O4/c1-2-21-16(22)11-5-3-9(7-12(11)17(21)23)15-20-14-6-4-10(19)8-13(14)18(24)25-15/h3-8H,2H2,1H3. The van der Waals surface area contributed by atoms with Crippen LogP contribution in [0, 0.1) is 0 Å². The molecule has 0 aliphatic carbocycles. The summed E-state index contributed by atoms with van der Waals surface area (Å²) in [6.07, 6.45) is 0. The van der Waals surface area contributed by atoms with Crippen LogP contribution in [0.4, 0.5) is 0 Å². The first-order valence-electron chi connectivity index (χ1n) is 7.60. The lowest BCUT2D eigenvalue weighted by molar-refractivity contribution is 0.0663. The maximum absolute atomic E-state index is 12.3. The molecule has 1 aliphatic rings. The molecule has 0 atom stereocenters. The van der Waals surface area contributed by atoms with Crippen molar-refractivity contribution in [2.75, 3.05) is 6.54 Å². The zero-order chi connectivity index (χ0) is 17.7. The third kappa shape index (κ3) is 2.39. The number of hydrogen-bond donors (Lipinski definition) is 0. The molecule has 2 heterocycles. The van der Waals surface area contributed by atoms with Gasteiger partial charge in [-0.25, -0.2) is 9.78 Å². The molecular weight excluding hydrogens is 388 g/mol. The Morgan fingerprint density at radius 3 is 2.56 bits per heavy atom. The fourth-order valence-corrected chi connectivity index (χ4v) is 3.24. The number of fused-ring (bicyclic) bond motifs is 2. The minimum absolute atomic E-state index is 0.109. The SMILES string of the molecule is CCN1C(=O)c2ccc(-c3nc4ccc(Br)cc4c(=O)o3)cc2C1=O. The number of hydrogen-bond acceptors (Lipinski definition) is 5. The van der Waals surface area contributed by atoms with Crippen molar-refractivity contribution in [2.45, 2.75) is 6.92 Å². The van der Waals surface area contributed by atoms with E-state index in [0.717, 1.165) is 4.47 Å². The van der Waals surface area contributed by atoms with Gasteiger partial charge in [-0.15, -0.1) is 0 Å². The Kier molecular flexibility index (Phi) is 3.54. The first-order chi connectivity index (χ1) is 12.0. The number of imide groups is 1. The Balaban J connectivity index is 1.87. The highest BCUT2D eigenvalue weighted by Crippen LogP contribution is 2.28. The number of halogens is 1. The summed E-state index contributed by atoms with van der Waals surface area (Å²) in [7, 11) is 0. The minimum atomic E-state index is -0.514. The van der Waals surface area contributed by atoms with Crippen LogP contribution in [0.2, 0.25) is 0 Å². The third-order valence-corrected chi connectivity index (χ3v) is 4.62. The molecule has 2 amide bonds. The van der Waals surface area contributed by atoms with Crippen LogP contribution in [0.15, 0.2) is 50.1 Å². The highest BCUT2D eigenvalue weighted by atomic mass is 79.9. The summed E-state index contributed by atoms with van der Waals surface area (Å²) in [6, 6.07) is 9.86. The van der Waals surface area contributed by atoms with E-state index in [9.17, 15) is 14.4 Å². The Hall–Kier alpha value is -2.80. The molecule has 0 spiro atoms. The largest absolute Gasteiger partial charge is 0.403 e. The molecule has 0 bridgehead atoms. The summed E-state index contributed by atoms with van der Waals surface area (Å²) in [5, 5.41) is 0.364. The minimum Gasteiger partial charge on any atom is -0.403 e. The van der Waals surface area contributed by atoms with Crippen LogP contribution >= 0.6 is 15.9 Å². The van der Waals surface area contributed by atoms with Crippen LogP contribution in [0.5, 0.6) is 0 Å². The molecule has 6 nitrogen and oxygen atoms in total. The number of nitrogens with zero attached hydrogens (tertiary/aromatic N) is 2. The van der Waals surface area contributed by atoms with Crippen LogP contribution in [0.25, 0.3) is 22.4 Å². The molecule has 25 heavy (non-hydrogen) atoms. The van der Waals surface area contributed by atoms with Gasteiger partial charge in [-0.05, 0) is 43.3 Å². The molecule has 2 aromatic carbocycles. The fraction of sp³-hybridized carbons (Fsp3) is 0.111. The smallest absolute Gasteiger partial charge is 0.347 e. The van der Waals surface area contributed by atoms with Gasteiger partial charge in [0.05, 0.1) is 22.0 Å². The number of benzene rings is 2. The van der Waals surface area contributed by atoms with Crippen LogP contribution in [0.1, 0.15) is 27.6 Å². The van der Waals surface area contributed by atoms with Crippen LogP contribution in [-0.4, -0.2) is 28.2 Å². The van der Waals surface area contributed by atoms with Crippen molar-refractivity contribution in [3.63, 3.8) is 0 Å².